The van der Waals surface area contributed by atoms with Gasteiger partial charge in [-0.3, -0.25) is 4.79 Å². The van der Waals surface area contributed by atoms with Crippen molar-refractivity contribution in [1.82, 2.24) is 10.4 Å². The van der Waals surface area contributed by atoms with Gasteiger partial charge in [0.15, 0.2) is 0 Å². The number of hydrogen-bond acceptors (Lipinski definition) is 8. The van der Waals surface area contributed by atoms with Crippen LogP contribution in [0.3, 0.4) is 0 Å². The summed E-state index contributed by atoms with van der Waals surface area (Å²) < 4.78 is 25.0. The molecule has 9 nitrogen and oxygen atoms in total. The van der Waals surface area contributed by atoms with E-state index >= 15 is 0 Å². The summed E-state index contributed by atoms with van der Waals surface area (Å²) in [6, 6.07) is 26.0. The van der Waals surface area contributed by atoms with Crippen LogP contribution in [0, 0.1) is 5.92 Å². The molecule has 1 fully saturated rings. The SMILES string of the molecule is COC(=O)/C=C/c1ccc(OC(=O)C(CON2C(C)(C)CC(NC(C)=O)CC2(C)C)CC([CH2][Co](=[O])[c]2ccccc2)c2ccccc2)cc1. The number of nitrogens with zero attached hydrogens (tertiary/aromatic N) is 1. The number of amides is 1. The monoisotopic (exact) mass is 715 g/mol. The summed E-state index contributed by atoms with van der Waals surface area (Å²) in [6.45, 7) is 9.86. The van der Waals surface area contributed by atoms with Gasteiger partial charge in [-0.1, -0.05) is 0 Å². The van der Waals surface area contributed by atoms with Crippen molar-refractivity contribution in [3.63, 3.8) is 0 Å². The third-order valence-electron chi connectivity index (χ3n) is 8.51. The van der Waals surface area contributed by atoms with Gasteiger partial charge in [-0.25, -0.2) is 4.79 Å². The third kappa shape index (κ3) is 11.0. The van der Waals surface area contributed by atoms with Gasteiger partial charge in [0.2, 0.25) is 0 Å². The van der Waals surface area contributed by atoms with E-state index in [-0.39, 0.29) is 24.5 Å². The molecule has 0 saturated carbocycles. The average molecular weight is 716 g/mol. The number of esters is 2. The molecule has 49 heavy (non-hydrogen) atoms. The number of carbonyl (C=O) groups excluding carboxylic acids is 3. The fourth-order valence-corrected chi connectivity index (χ4v) is 8.29. The summed E-state index contributed by atoms with van der Waals surface area (Å²) in [5, 5.41) is 5.38. The van der Waals surface area contributed by atoms with E-state index in [1.165, 1.54) is 20.1 Å². The molecule has 1 heterocycles. The van der Waals surface area contributed by atoms with E-state index < -0.39 is 42.5 Å². The van der Waals surface area contributed by atoms with E-state index in [9.17, 15) is 18.2 Å². The van der Waals surface area contributed by atoms with Crippen molar-refractivity contribution in [2.45, 2.75) is 82.3 Å². The first kappa shape index (κ1) is 37.8. The molecular weight excluding hydrogens is 667 g/mol. The van der Waals surface area contributed by atoms with Crippen molar-refractivity contribution in [3.8, 4) is 5.75 Å². The molecule has 1 N–H and O–H groups in total. The average Bonchev–Trinajstić information content (AvgIpc) is 3.06. The number of nitrogens with one attached hydrogen (secondary N) is 1. The Labute approximate surface area is 293 Å². The summed E-state index contributed by atoms with van der Waals surface area (Å²) in [7, 11) is 1.31. The van der Waals surface area contributed by atoms with Gasteiger partial charge >= 0.3 is 266 Å². The van der Waals surface area contributed by atoms with Crippen LogP contribution in [-0.4, -0.2) is 53.7 Å². The Bertz CT molecular complexity index is 1590. The molecule has 2 atom stereocenters. The van der Waals surface area contributed by atoms with Gasteiger partial charge in [0.05, 0.1) is 7.11 Å². The molecule has 2 unspecified atom stereocenters. The molecule has 0 spiro atoms. The Balaban J connectivity index is 1.60. The zero-order chi connectivity index (χ0) is 35.6. The zero-order valence-corrected chi connectivity index (χ0v) is 30.2. The fourth-order valence-electron chi connectivity index (χ4n) is 6.57. The Morgan fingerprint density at radius 2 is 1.51 bits per heavy atom. The van der Waals surface area contributed by atoms with E-state index in [0.717, 1.165) is 15.6 Å². The summed E-state index contributed by atoms with van der Waals surface area (Å²) >= 11 is -1.72. The van der Waals surface area contributed by atoms with Crippen LogP contribution >= 0.6 is 0 Å². The topological polar surface area (TPSA) is 111 Å². The van der Waals surface area contributed by atoms with Crippen molar-refractivity contribution in [2.75, 3.05) is 13.7 Å². The number of rotatable bonds is 14. The molecule has 0 aliphatic carbocycles. The maximum atomic E-state index is 14.0. The second kappa shape index (κ2) is 17.1. The first-order valence-corrected chi connectivity index (χ1v) is 18.1. The van der Waals surface area contributed by atoms with Crippen LogP contribution in [0.1, 0.15) is 70.9 Å². The Hall–Kier alpha value is -3.96. The number of piperidine rings is 1. The molecule has 3 aromatic carbocycles. The molecule has 4 rings (SSSR count). The molecule has 0 radical (unpaired) electrons. The van der Waals surface area contributed by atoms with Crippen molar-refractivity contribution < 1.29 is 46.1 Å². The minimum atomic E-state index is -1.72. The minimum absolute atomic E-state index is 0.00906. The van der Waals surface area contributed by atoms with E-state index in [0.29, 0.717) is 30.4 Å². The Morgan fingerprint density at radius 1 is 0.918 bits per heavy atom. The van der Waals surface area contributed by atoms with E-state index in [1.807, 2.05) is 65.7 Å². The number of benzene rings is 3. The van der Waals surface area contributed by atoms with Crippen molar-refractivity contribution in [2.24, 2.45) is 5.92 Å². The maximum absolute atomic E-state index is 14.0. The summed E-state index contributed by atoms with van der Waals surface area (Å²) in [6.07, 6.45) is 4.63. The van der Waals surface area contributed by atoms with Crippen molar-refractivity contribution in [1.29, 1.82) is 0 Å². The van der Waals surface area contributed by atoms with Gasteiger partial charge in [-0.2, -0.15) is 0 Å². The Kier molecular flexibility index (Phi) is 13.2. The molecule has 1 saturated heterocycles. The summed E-state index contributed by atoms with van der Waals surface area (Å²) in [5.41, 5.74) is 0.821. The van der Waals surface area contributed by atoms with Gasteiger partial charge in [-0.15, -0.1) is 0 Å². The predicted molar refractivity (Wildman–Crippen MR) is 185 cm³/mol. The molecule has 265 valence electrons. The molecule has 10 heteroatoms. The third-order valence-corrected chi connectivity index (χ3v) is 10.4. The summed E-state index contributed by atoms with van der Waals surface area (Å²) in [5.74, 6) is -1.57. The number of ether oxygens (including phenoxy) is 2. The van der Waals surface area contributed by atoms with Gasteiger partial charge in [-0.05, 0) is 0 Å². The van der Waals surface area contributed by atoms with Crippen LogP contribution in [0.15, 0.2) is 91.0 Å². The van der Waals surface area contributed by atoms with E-state index in [4.69, 9.17) is 9.57 Å². The normalized spacial score (nSPS) is 17.6. The number of hydroxylamine groups is 2. The fraction of sp³-hybridized carbons (Fsp3) is 0.410. The van der Waals surface area contributed by atoms with Gasteiger partial charge in [0, 0.05) is 6.92 Å². The van der Waals surface area contributed by atoms with Gasteiger partial charge in [0.25, 0.3) is 0 Å². The summed E-state index contributed by atoms with van der Waals surface area (Å²) in [4.78, 5) is 44.0. The van der Waals surface area contributed by atoms with Crippen LogP contribution in [0.4, 0.5) is 0 Å². The van der Waals surface area contributed by atoms with Crippen LogP contribution in [0.5, 0.6) is 5.75 Å². The second-order valence-electron chi connectivity index (χ2n) is 13.6. The molecular formula is C39H48CoN2O7. The van der Waals surface area contributed by atoms with E-state index in [2.05, 4.69) is 37.7 Å². The number of carbonyl (C=O) groups is 3. The molecule has 1 aliphatic rings. The standard InChI is InChI=1S/C33H43N2O6.C6H5.Co.O/c1-23(26-11-9-8-10-12-26)19-27(31(38)41-29-16-13-25(14-17-29)15-18-30(37)39-7)22-40-35-32(3,4)20-28(34-24(2)36)21-33(35,5)6;1-2-4-6-5-3-1;;/h8-18,23,27-28H,1,19-22H2,2-7H3,(H,34,36);1-5H;;/b18-15+;;;. The number of hydrogen-bond donors (Lipinski definition) is 1. The van der Waals surface area contributed by atoms with E-state index in [1.54, 1.807) is 30.3 Å². The van der Waals surface area contributed by atoms with Crippen molar-refractivity contribution >= 4 is 28.4 Å². The first-order valence-electron chi connectivity index (χ1n) is 16.4. The van der Waals surface area contributed by atoms with Crippen molar-refractivity contribution in [3.05, 3.63) is 102 Å². The molecule has 0 bridgehead atoms. The predicted octanol–water partition coefficient (Wildman–Crippen LogP) is 6.37. The van der Waals surface area contributed by atoms with Gasteiger partial charge in [0.1, 0.15) is 0 Å². The Morgan fingerprint density at radius 3 is 2.08 bits per heavy atom. The molecule has 1 amide bonds. The number of methoxy groups -OCH3 is 1. The van der Waals surface area contributed by atoms with Crippen LogP contribution in [-0.2, 0) is 41.4 Å². The quantitative estimate of drug-likeness (QED) is 0.117. The molecule has 3 aromatic rings. The van der Waals surface area contributed by atoms with Gasteiger partial charge < -0.3 is 4.74 Å². The van der Waals surface area contributed by atoms with Crippen LogP contribution in [0.25, 0.3) is 6.08 Å². The van der Waals surface area contributed by atoms with Crippen LogP contribution < -0.4 is 14.6 Å². The molecule has 1 aliphatic heterocycles. The van der Waals surface area contributed by atoms with Crippen LogP contribution in [0.2, 0.25) is 5.36 Å². The first-order chi connectivity index (χ1) is 23.3. The molecule has 0 aromatic heterocycles. The zero-order valence-electron chi connectivity index (χ0n) is 29.1. The second-order valence-corrected chi connectivity index (χ2v) is 15.5.